The van der Waals surface area contributed by atoms with Gasteiger partial charge in [0.05, 0.1) is 12.5 Å². The van der Waals surface area contributed by atoms with Gasteiger partial charge in [-0.15, -0.1) is 0 Å². The highest BCUT2D eigenvalue weighted by molar-refractivity contribution is 5.97. The SMILES string of the molecule is COc1ccc(F)c2nc3c(c(N)c12)CCC3. The summed E-state index contributed by atoms with van der Waals surface area (Å²) in [6.07, 6.45) is 2.84. The van der Waals surface area contributed by atoms with Crippen LogP contribution in [0.1, 0.15) is 17.7 Å². The number of anilines is 1. The van der Waals surface area contributed by atoms with E-state index in [-0.39, 0.29) is 5.82 Å². The van der Waals surface area contributed by atoms with Crippen molar-refractivity contribution >= 4 is 16.6 Å². The summed E-state index contributed by atoms with van der Waals surface area (Å²) < 4.78 is 19.0. The van der Waals surface area contributed by atoms with Crippen molar-refractivity contribution in [1.29, 1.82) is 0 Å². The van der Waals surface area contributed by atoms with Crippen molar-refractivity contribution in [3.05, 3.63) is 29.2 Å². The zero-order chi connectivity index (χ0) is 12.0. The van der Waals surface area contributed by atoms with E-state index in [1.807, 2.05) is 0 Å². The second kappa shape index (κ2) is 3.58. The Bertz CT molecular complexity index is 610. The first-order chi connectivity index (χ1) is 8.22. The van der Waals surface area contributed by atoms with Crippen LogP contribution in [0.25, 0.3) is 10.9 Å². The molecule has 1 aromatic carbocycles. The number of rotatable bonds is 1. The Labute approximate surface area is 98.4 Å². The van der Waals surface area contributed by atoms with Crippen molar-refractivity contribution < 1.29 is 9.13 Å². The summed E-state index contributed by atoms with van der Waals surface area (Å²) in [6, 6.07) is 2.96. The number of nitrogens with two attached hydrogens (primary N) is 1. The summed E-state index contributed by atoms with van der Waals surface area (Å²) in [7, 11) is 1.55. The van der Waals surface area contributed by atoms with Gasteiger partial charge in [-0.05, 0) is 37.0 Å². The average Bonchev–Trinajstić information content (AvgIpc) is 2.79. The van der Waals surface area contributed by atoms with Crippen molar-refractivity contribution in [2.24, 2.45) is 0 Å². The number of nitrogens with zero attached hydrogens (tertiary/aromatic N) is 1. The summed E-state index contributed by atoms with van der Waals surface area (Å²) in [5, 5.41) is 0.605. The molecule has 4 heteroatoms. The molecule has 1 aliphatic carbocycles. The van der Waals surface area contributed by atoms with Gasteiger partial charge in [-0.2, -0.15) is 0 Å². The number of benzene rings is 1. The first-order valence-corrected chi connectivity index (χ1v) is 5.66. The standard InChI is InChI=1S/C13H13FN2O/c1-17-10-6-5-8(14)13-11(10)12(15)7-3-2-4-9(7)16-13/h5-6H,2-4H2,1H3,(H2,15,16). The minimum Gasteiger partial charge on any atom is -0.496 e. The maximum atomic E-state index is 13.8. The number of pyridine rings is 1. The number of ether oxygens (including phenoxy) is 1. The van der Waals surface area contributed by atoms with Gasteiger partial charge in [0, 0.05) is 11.4 Å². The number of hydrogen-bond acceptors (Lipinski definition) is 3. The molecule has 0 amide bonds. The van der Waals surface area contributed by atoms with E-state index < -0.39 is 0 Å². The number of aryl methyl sites for hydroxylation is 1. The van der Waals surface area contributed by atoms with E-state index in [1.54, 1.807) is 13.2 Å². The van der Waals surface area contributed by atoms with Gasteiger partial charge in [-0.1, -0.05) is 0 Å². The molecule has 0 saturated carbocycles. The summed E-state index contributed by atoms with van der Waals surface area (Å²) in [4.78, 5) is 4.39. The van der Waals surface area contributed by atoms with E-state index in [2.05, 4.69) is 4.98 Å². The highest BCUT2D eigenvalue weighted by Gasteiger charge is 2.21. The lowest BCUT2D eigenvalue weighted by Gasteiger charge is -2.12. The molecule has 0 spiro atoms. The smallest absolute Gasteiger partial charge is 0.149 e. The zero-order valence-electron chi connectivity index (χ0n) is 9.59. The Kier molecular flexibility index (Phi) is 2.18. The molecule has 1 aromatic heterocycles. The minimum absolute atomic E-state index is 0.322. The van der Waals surface area contributed by atoms with Crippen molar-refractivity contribution in [3.8, 4) is 5.75 Å². The Hall–Kier alpha value is -1.84. The zero-order valence-corrected chi connectivity index (χ0v) is 9.59. The van der Waals surface area contributed by atoms with E-state index in [4.69, 9.17) is 10.5 Å². The summed E-state index contributed by atoms with van der Waals surface area (Å²) in [5.41, 5.74) is 9.06. The van der Waals surface area contributed by atoms with E-state index in [1.165, 1.54) is 6.07 Å². The fourth-order valence-corrected chi connectivity index (χ4v) is 2.51. The highest BCUT2D eigenvalue weighted by Crippen LogP contribution is 2.37. The third-order valence-electron chi connectivity index (χ3n) is 3.34. The number of nitrogen functional groups attached to an aromatic ring is 1. The molecule has 0 radical (unpaired) electrons. The van der Waals surface area contributed by atoms with E-state index in [9.17, 15) is 4.39 Å². The second-order valence-electron chi connectivity index (χ2n) is 4.28. The quantitative estimate of drug-likeness (QED) is 0.821. The van der Waals surface area contributed by atoms with Gasteiger partial charge in [0.25, 0.3) is 0 Å². The molecule has 0 unspecified atom stereocenters. The number of hydrogen-bond donors (Lipinski definition) is 1. The van der Waals surface area contributed by atoms with Gasteiger partial charge in [-0.3, -0.25) is 0 Å². The summed E-state index contributed by atoms with van der Waals surface area (Å²) in [5.74, 6) is 0.239. The van der Waals surface area contributed by atoms with Crippen LogP contribution in [0.3, 0.4) is 0 Å². The number of aromatic nitrogens is 1. The monoisotopic (exact) mass is 232 g/mol. The third kappa shape index (κ3) is 1.37. The van der Waals surface area contributed by atoms with E-state index >= 15 is 0 Å². The molecule has 88 valence electrons. The highest BCUT2D eigenvalue weighted by atomic mass is 19.1. The largest absolute Gasteiger partial charge is 0.496 e. The molecule has 1 aliphatic rings. The molecule has 3 nitrogen and oxygen atoms in total. The number of halogens is 1. The van der Waals surface area contributed by atoms with E-state index in [0.717, 1.165) is 30.5 Å². The summed E-state index contributed by atoms with van der Waals surface area (Å²) >= 11 is 0. The predicted molar refractivity (Wildman–Crippen MR) is 64.7 cm³/mol. The lowest BCUT2D eigenvalue weighted by Crippen LogP contribution is -2.01. The van der Waals surface area contributed by atoms with Crippen molar-refractivity contribution in [2.45, 2.75) is 19.3 Å². The van der Waals surface area contributed by atoms with Gasteiger partial charge in [0.15, 0.2) is 0 Å². The molecule has 0 saturated heterocycles. The fourth-order valence-electron chi connectivity index (χ4n) is 2.51. The molecule has 17 heavy (non-hydrogen) atoms. The Morgan fingerprint density at radius 1 is 1.35 bits per heavy atom. The molecule has 0 atom stereocenters. The van der Waals surface area contributed by atoms with Crippen LogP contribution in [0.15, 0.2) is 12.1 Å². The Morgan fingerprint density at radius 2 is 2.18 bits per heavy atom. The fraction of sp³-hybridized carbons (Fsp3) is 0.308. The molecule has 1 heterocycles. The van der Waals surface area contributed by atoms with Crippen molar-refractivity contribution in [2.75, 3.05) is 12.8 Å². The molecule has 0 fully saturated rings. The molecule has 2 aromatic rings. The van der Waals surface area contributed by atoms with Gasteiger partial charge >= 0.3 is 0 Å². The molecular formula is C13H13FN2O. The van der Waals surface area contributed by atoms with Crippen LogP contribution in [0, 0.1) is 5.82 Å². The number of fused-ring (bicyclic) bond motifs is 2. The first kappa shape index (κ1) is 10.3. The molecule has 2 N–H and O–H groups in total. The van der Waals surface area contributed by atoms with E-state index in [0.29, 0.717) is 22.3 Å². The van der Waals surface area contributed by atoms with Gasteiger partial charge in [0.2, 0.25) is 0 Å². The normalized spacial score (nSPS) is 14.0. The molecular weight excluding hydrogens is 219 g/mol. The van der Waals surface area contributed by atoms with Crippen LogP contribution in [0.2, 0.25) is 0 Å². The first-order valence-electron chi connectivity index (χ1n) is 5.66. The van der Waals surface area contributed by atoms with Crippen LogP contribution in [-0.2, 0) is 12.8 Å². The van der Waals surface area contributed by atoms with Crippen LogP contribution < -0.4 is 10.5 Å². The molecule has 0 aliphatic heterocycles. The van der Waals surface area contributed by atoms with Crippen LogP contribution in [0.4, 0.5) is 10.1 Å². The number of methoxy groups -OCH3 is 1. The van der Waals surface area contributed by atoms with Crippen molar-refractivity contribution in [3.63, 3.8) is 0 Å². The predicted octanol–water partition coefficient (Wildman–Crippen LogP) is 2.45. The average molecular weight is 232 g/mol. The Morgan fingerprint density at radius 3 is 2.94 bits per heavy atom. The van der Waals surface area contributed by atoms with Crippen molar-refractivity contribution in [1.82, 2.24) is 4.98 Å². The third-order valence-corrected chi connectivity index (χ3v) is 3.34. The Balaban J connectivity index is 2.46. The lowest BCUT2D eigenvalue weighted by molar-refractivity contribution is 0.419. The van der Waals surface area contributed by atoms with Crippen LogP contribution in [0.5, 0.6) is 5.75 Å². The summed E-state index contributed by atoms with van der Waals surface area (Å²) in [6.45, 7) is 0. The topological polar surface area (TPSA) is 48.1 Å². The van der Waals surface area contributed by atoms with Gasteiger partial charge in [-0.25, -0.2) is 9.37 Å². The van der Waals surface area contributed by atoms with Crippen LogP contribution in [-0.4, -0.2) is 12.1 Å². The molecule has 0 bridgehead atoms. The lowest BCUT2D eigenvalue weighted by atomic mass is 10.1. The maximum absolute atomic E-state index is 13.8. The maximum Gasteiger partial charge on any atom is 0.149 e. The second-order valence-corrected chi connectivity index (χ2v) is 4.28. The minimum atomic E-state index is -0.345. The van der Waals surface area contributed by atoms with Gasteiger partial charge < -0.3 is 10.5 Å². The van der Waals surface area contributed by atoms with Gasteiger partial charge in [0.1, 0.15) is 17.1 Å². The molecule has 3 rings (SSSR count). The van der Waals surface area contributed by atoms with Crippen LogP contribution >= 0.6 is 0 Å².